The Morgan fingerprint density at radius 2 is 2.11 bits per heavy atom. The molecule has 0 bridgehead atoms. The van der Waals surface area contributed by atoms with E-state index in [-0.39, 0.29) is 0 Å². The van der Waals surface area contributed by atoms with E-state index in [1.165, 1.54) is 11.1 Å². The van der Waals surface area contributed by atoms with E-state index in [2.05, 4.69) is 43.4 Å². The molecule has 1 heterocycles. The summed E-state index contributed by atoms with van der Waals surface area (Å²) in [6, 6.07) is 9.22. The van der Waals surface area contributed by atoms with Crippen molar-refractivity contribution in [1.82, 2.24) is 5.32 Å². The van der Waals surface area contributed by atoms with Crippen LogP contribution in [-0.2, 0) is 6.42 Å². The molecule has 106 valence electrons. The third kappa shape index (κ3) is 4.83. The highest BCUT2D eigenvalue weighted by Crippen LogP contribution is 2.27. The highest BCUT2D eigenvalue weighted by atomic mass is 32.2. The Morgan fingerprint density at radius 1 is 1.37 bits per heavy atom. The van der Waals surface area contributed by atoms with Crippen LogP contribution in [0.1, 0.15) is 30.9 Å². The lowest BCUT2D eigenvalue weighted by molar-refractivity contribution is 0.0649. The van der Waals surface area contributed by atoms with Crippen molar-refractivity contribution in [2.45, 2.75) is 44.8 Å². The van der Waals surface area contributed by atoms with Gasteiger partial charge in [-0.05, 0) is 44.4 Å². The Morgan fingerprint density at radius 3 is 2.74 bits per heavy atom. The molecule has 0 amide bonds. The monoisotopic (exact) mass is 279 g/mol. The number of rotatable bonds is 6. The van der Waals surface area contributed by atoms with E-state index in [4.69, 9.17) is 0 Å². The minimum absolute atomic E-state index is 0.455. The summed E-state index contributed by atoms with van der Waals surface area (Å²) in [4.78, 5) is 0. The normalized spacial score (nSPS) is 24.6. The van der Waals surface area contributed by atoms with Crippen LogP contribution < -0.4 is 5.32 Å². The topological polar surface area (TPSA) is 32.3 Å². The Kier molecular flexibility index (Phi) is 5.31. The molecule has 0 radical (unpaired) electrons. The van der Waals surface area contributed by atoms with Gasteiger partial charge in [0.15, 0.2) is 0 Å². The average molecular weight is 279 g/mol. The number of aliphatic hydroxyl groups is 1. The van der Waals surface area contributed by atoms with Gasteiger partial charge in [0, 0.05) is 18.3 Å². The second-order valence-corrected chi connectivity index (χ2v) is 6.94. The molecule has 19 heavy (non-hydrogen) atoms. The van der Waals surface area contributed by atoms with Crippen molar-refractivity contribution in [2.24, 2.45) is 0 Å². The summed E-state index contributed by atoms with van der Waals surface area (Å²) in [6.07, 6.45) is 3.14. The predicted octanol–water partition coefficient (Wildman–Crippen LogP) is 2.77. The number of thioether (sulfide) groups is 1. The van der Waals surface area contributed by atoms with E-state index in [1.54, 1.807) is 0 Å². The molecule has 1 saturated heterocycles. The Balaban J connectivity index is 1.69. The summed E-state index contributed by atoms with van der Waals surface area (Å²) >= 11 is 1.85. The van der Waals surface area contributed by atoms with Gasteiger partial charge in [0.05, 0.1) is 5.60 Å². The highest BCUT2D eigenvalue weighted by molar-refractivity contribution is 7.99. The van der Waals surface area contributed by atoms with Crippen molar-refractivity contribution in [3.05, 3.63) is 35.4 Å². The molecule has 1 aromatic carbocycles. The van der Waals surface area contributed by atoms with Crippen molar-refractivity contribution >= 4 is 11.8 Å². The fourth-order valence-corrected chi connectivity index (χ4v) is 3.64. The van der Waals surface area contributed by atoms with Gasteiger partial charge in [-0.25, -0.2) is 0 Å². The van der Waals surface area contributed by atoms with E-state index < -0.39 is 5.60 Å². The first-order valence-corrected chi connectivity index (χ1v) is 8.32. The SMILES string of the molecule is Cc1ccc(CCC(C)NCC2(O)CCSC2)cc1. The smallest absolute Gasteiger partial charge is 0.0869 e. The Bertz CT molecular complexity index is 384. The molecule has 0 saturated carbocycles. The first-order chi connectivity index (χ1) is 9.07. The van der Waals surface area contributed by atoms with Gasteiger partial charge in [0.25, 0.3) is 0 Å². The average Bonchev–Trinajstić information content (AvgIpc) is 2.83. The van der Waals surface area contributed by atoms with Crippen molar-refractivity contribution in [3.63, 3.8) is 0 Å². The lowest BCUT2D eigenvalue weighted by atomic mass is 10.0. The largest absolute Gasteiger partial charge is 0.388 e. The number of aryl methyl sites for hydroxylation is 2. The molecule has 2 rings (SSSR count). The molecule has 0 spiro atoms. The van der Waals surface area contributed by atoms with Crippen LogP contribution >= 0.6 is 11.8 Å². The number of nitrogens with one attached hydrogen (secondary N) is 1. The van der Waals surface area contributed by atoms with Crippen LogP contribution in [0.2, 0.25) is 0 Å². The van der Waals surface area contributed by atoms with Crippen molar-refractivity contribution in [2.75, 3.05) is 18.1 Å². The maximum Gasteiger partial charge on any atom is 0.0869 e. The van der Waals surface area contributed by atoms with Gasteiger partial charge in [0.2, 0.25) is 0 Å². The standard InChI is InChI=1S/C16H25NOS/c1-13-3-6-15(7-4-13)8-5-14(2)17-11-16(18)9-10-19-12-16/h3-4,6-7,14,17-18H,5,8-12H2,1-2H3. The highest BCUT2D eigenvalue weighted by Gasteiger charge is 2.31. The van der Waals surface area contributed by atoms with Crippen molar-refractivity contribution in [1.29, 1.82) is 0 Å². The first kappa shape index (κ1) is 14.9. The van der Waals surface area contributed by atoms with Crippen molar-refractivity contribution in [3.8, 4) is 0 Å². The quantitative estimate of drug-likeness (QED) is 0.840. The third-order valence-corrected chi connectivity index (χ3v) is 5.08. The molecule has 2 nitrogen and oxygen atoms in total. The summed E-state index contributed by atoms with van der Waals surface area (Å²) in [7, 11) is 0. The zero-order valence-corrected chi connectivity index (χ0v) is 12.8. The van der Waals surface area contributed by atoms with Crippen LogP contribution in [0.4, 0.5) is 0 Å². The lowest BCUT2D eigenvalue weighted by Gasteiger charge is -2.24. The maximum atomic E-state index is 10.3. The van der Waals surface area contributed by atoms with E-state index in [0.29, 0.717) is 6.04 Å². The molecule has 3 heteroatoms. The van der Waals surface area contributed by atoms with Gasteiger partial charge in [-0.15, -0.1) is 0 Å². The lowest BCUT2D eigenvalue weighted by Crippen LogP contribution is -2.43. The third-order valence-electron chi connectivity index (χ3n) is 3.85. The summed E-state index contributed by atoms with van der Waals surface area (Å²) in [6.45, 7) is 5.06. The zero-order valence-electron chi connectivity index (χ0n) is 12.0. The Labute approximate surface area is 121 Å². The van der Waals surface area contributed by atoms with E-state index in [1.807, 2.05) is 11.8 Å². The van der Waals surface area contributed by atoms with Gasteiger partial charge in [-0.2, -0.15) is 11.8 Å². The van der Waals surface area contributed by atoms with Crippen molar-refractivity contribution < 1.29 is 5.11 Å². The minimum atomic E-state index is -0.469. The number of hydrogen-bond acceptors (Lipinski definition) is 3. The molecule has 2 atom stereocenters. The van der Waals surface area contributed by atoms with Crippen LogP contribution in [0.15, 0.2) is 24.3 Å². The molecule has 1 fully saturated rings. The van der Waals surface area contributed by atoms with Crippen LogP contribution in [0, 0.1) is 6.92 Å². The van der Waals surface area contributed by atoms with Crippen LogP contribution in [0.5, 0.6) is 0 Å². The van der Waals surface area contributed by atoms with E-state index >= 15 is 0 Å². The molecule has 2 unspecified atom stereocenters. The number of hydrogen-bond donors (Lipinski definition) is 2. The molecule has 0 aromatic heterocycles. The minimum Gasteiger partial charge on any atom is -0.388 e. The summed E-state index contributed by atoms with van der Waals surface area (Å²) in [5, 5.41) is 13.8. The molecule has 0 aliphatic carbocycles. The molecule has 1 aliphatic rings. The maximum absolute atomic E-state index is 10.3. The fraction of sp³-hybridized carbons (Fsp3) is 0.625. The predicted molar refractivity (Wildman–Crippen MR) is 83.9 cm³/mol. The van der Waals surface area contributed by atoms with Gasteiger partial charge < -0.3 is 10.4 Å². The van der Waals surface area contributed by atoms with Gasteiger partial charge in [-0.3, -0.25) is 0 Å². The second kappa shape index (κ2) is 6.78. The van der Waals surface area contributed by atoms with Gasteiger partial charge in [-0.1, -0.05) is 29.8 Å². The van der Waals surface area contributed by atoms with Crippen LogP contribution in [-0.4, -0.2) is 34.8 Å². The number of benzene rings is 1. The molecular formula is C16H25NOS. The first-order valence-electron chi connectivity index (χ1n) is 7.16. The van der Waals surface area contributed by atoms with E-state index in [9.17, 15) is 5.11 Å². The van der Waals surface area contributed by atoms with Gasteiger partial charge >= 0.3 is 0 Å². The second-order valence-electron chi connectivity index (χ2n) is 5.83. The van der Waals surface area contributed by atoms with Crippen LogP contribution in [0.3, 0.4) is 0 Å². The van der Waals surface area contributed by atoms with Crippen LogP contribution in [0.25, 0.3) is 0 Å². The summed E-state index contributed by atoms with van der Waals surface area (Å²) in [5.74, 6) is 1.97. The fourth-order valence-electron chi connectivity index (χ4n) is 2.34. The molecular weight excluding hydrogens is 254 g/mol. The summed E-state index contributed by atoms with van der Waals surface area (Å²) in [5.41, 5.74) is 2.24. The molecule has 1 aromatic rings. The summed E-state index contributed by atoms with van der Waals surface area (Å²) < 4.78 is 0. The molecule has 1 aliphatic heterocycles. The Hall–Kier alpha value is -0.510. The zero-order chi connectivity index (χ0) is 13.7. The van der Waals surface area contributed by atoms with E-state index in [0.717, 1.165) is 37.3 Å². The van der Waals surface area contributed by atoms with Gasteiger partial charge in [0.1, 0.15) is 0 Å². The molecule has 2 N–H and O–H groups in total.